The van der Waals surface area contributed by atoms with Gasteiger partial charge in [-0.15, -0.1) is 0 Å². The van der Waals surface area contributed by atoms with Crippen molar-refractivity contribution in [3.63, 3.8) is 0 Å². The number of unbranched alkanes of at least 4 members (excludes halogenated alkanes) is 1. The van der Waals surface area contributed by atoms with Crippen molar-refractivity contribution in [3.8, 4) is 0 Å². The molecule has 0 radical (unpaired) electrons. The molecule has 7 heteroatoms. The lowest BCUT2D eigenvalue weighted by molar-refractivity contribution is 0.266. The van der Waals surface area contributed by atoms with Crippen molar-refractivity contribution >= 4 is 0 Å². The van der Waals surface area contributed by atoms with Gasteiger partial charge in [0, 0.05) is 22.9 Å². The molecule has 0 bridgehead atoms. The smallest absolute Gasteiger partial charge is 0.0270 e. The zero-order valence-electron chi connectivity index (χ0n) is 10.5. The second-order valence-corrected chi connectivity index (χ2v) is 3.81. The van der Waals surface area contributed by atoms with Crippen molar-refractivity contribution < 1.29 is 0 Å². The normalized spacial score (nSPS) is 9.76. The first kappa shape index (κ1) is 15.6. The van der Waals surface area contributed by atoms with Crippen molar-refractivity contribution in [2.24, 2.45) is 10.2 Å². The van der Waals surface area contributed by atoms with Crippen LogP contribution in [0.25, 0.3) is 20.9 Å². The van der Waals surface area contributed by atoms with E-state index >= 15 is 0 Å². The molecule has 0 aromatic heterocycles. The Labute approximate surface area is 102 Å². The zero-order chi connectivity index (χ0) is 12.8. The van der Waals surface area contributed by atoms with Crippen molar-refractivity contribution in [2.45, 2.75) is 32.6 Å². The van der Waals surface area contributed by atoms with Gasteiger partial charge in [0.25, 0.3) is 0 Å². The van der Waals surface area contributed by atoms with Gasteiger partial charge < -0.3 is 4.90 Å². The Morgan fingerprint density at radius 2 is 1.35 bits per heavy atom. The fourth-order valence-corrected chi connectivity index (χ4v) is 1.54. The minimum atomic E-state index is 0.551. The molecule has 0 aliphatic heterocycles. The molecular formula is C10H21N7. The Hall–Kier alpha value is -1.42. The highest BCUT2D eigenvalue weighted by Crippen LogP contribution is 1.99. The van der Waals surface area contributed by atoms with Crippen LogP contribution in [0.1, 0.15) is 32.6 Å². The summed E-state index contributed by atoms with van der Waals surface area (Å²) in [5, 5.41) is 7.04. The summed E-state index contributed by atoms with van der Waals surface area (Å²) in [4.78, 5) is 7.80. The first-order valence-electron chi connectivity index (χ1n) is 6.09. The molecule has 0 atom stereocenters. The van der Waals surface area contributed by atoms with E-state index in [-0.39, 0.29) is 0 Å². The van der Waals surface area contributed by atoms with Crippen LogP contribution in [0.2, 0.25) is 0 Å². The van der Waals surface area contributed by atoms with Gasteiger partial charge in [0.1, 0.15) is 0 Å². The molecule has 0 fully saturated rings. The van der Waals surface area contributed by atoms with Gasteiger partial charge in [-0.1, -0.05) is 23.6 Å². The van der Waals surface area contributed by atoms with E-state index in [1.54, 1.807) is 0 Å². The predicted molar refractivity (Wildman–Crippen MR) is 68.6 cm³/mol. The number of hydrogen-bond donors (Lipinski definition) is 0. The number of azide groups is 2. The van der Waals surface area contributed by atoms with Crippen LogP contribution in [-0.2, 0) is 0 Å². The molecule has 0 heterocycles. The van der Waals surface area contributed by atoms with Gasteiger partial charge in [-0.3, -0.25) is 0 Å². The number of nitrogens with zero attached hydrogens (tertiary/aromatic N) is 7. The standard InChI is InChI=1S/C10H21N7/c1-2-3-8-17(9-4-6-13-15-11)10-5-7-14-16-12/h2-10H2,1H3. The van der Waals surface area contributed by atoms with Crippen LogP contribution in [0.5, 0.6) is 0 Å². The van der Waals surface area contributed by atoms with E-state index in [1.165, 1.54) is 12.8 Å². The molecular weight excluding hydrogens is 218 g/mol. The molecule has 0 aromatic carbocycles. The maximum Gasteiger partial charge on any atom is 0.0270 e. The first-order chi connectivity index (χ1) is 8.35. The van der Waals surface area contributed by atoms with Crippen molar-refractivity contribution in [1.29, 1.82) is 0 Å². The van der Waals surface area contributed by atoms with Gasteiger partial charge in [-0.05, 0) is 50.0 Å². The Bertz CT molecular complexity index is 242. The van der Waals surface area contributed by atoms with E-state index in [0.717, 1.165) is 32.5 Å². The summed E-state index contributed by atoms with van der Waals surface area (Å²) in [5.41, 5.74) is 16.3. The minimum absolute atomic E-state index is 0.551. The fourth-order valence-electron chi connectivity index (χ4n) is 1.54. The van der Waals surface area contributed by atoms with E-state index in [1.807, 2.05) is 0 Å². The number of hydrogen-bond acceptors (Lipinski definition) is 3. The van der Waals surface area contributed by atoms with Crippen molar-refractivity contribution in [3.05, 3.63) is 20.9 Å². The maximum absolute atomic E-state index is 8.17. The van der Waals surface area contributed by atoms with Crippen LogP contribution < -0.4 is 0 Å². The van der Waals surface area contributed by atoms with E-state index in [4.69, 9.17) is 11.1 Å². The average Bonchev–Trinajstić information content (AvgIpc) is 2.35. The molecule has 0 unspecified atom stereocenters. The average molecular weight is 239 g/mol. The third-order valence-corrected chi connectivity index (χ3v) is 2.42. The molecule has 17 heavy (non-hydrogen) atoms. The highest BCUT2D eigenvalue weighted by Gasteiger charge is 2.02. The zero-order valence-corrected chi connectivity index (χ0v) is 10.5. The van der Waals surface area contributed by atoms with E-state index in [0.29, 0.717) is 13.1 Å². The lowest BCUT2D eigenvalue weighted by Crippen LogP contribution is -2.28. The molecule has 7 nitrogen and oxygen atoms in total. The molecule has 0 rings (SSSR count). The summed E-state index contributed by atoms with van der Waals surface area (Å²) < 4.78 is 0. The second-order valence-electron chi connectivity index (χ2n) is 3.81. The molecule has 0 spiro atoms. The van der Waals surface area contributed by atoms with Crippen LogP contribution >= 0.6 is 0 Å². The fraction of sp³-hybridized carbons (Fsp3) is 1.00. The Morgan fingerprint density at radius 1 is 0.882 bits per heavy atom. The minimum Gasteiger partial charge on any atom is -0.303 e. The third kappa shape index (κ3) is 10.9. The van der Waals surface area contributed by atoms with Crippen LogP contribution in [0.15, 0.2) is 10.2 Å². The maximum atomic E-state index is 8.17. The summed E-state index contributed by atoms with van der Waals surface area (Å²) in [6.07, 6.45) is 4.11. The quantitative estimate of drug-likeness (QED) is 0.234. The molecule has 0 aromatic rings. The SMILES string of the molecule is CCCCN(CCCN=[N+]=[N-])CCCN=[N+]=[N-]. The van der Waals surface area contributed by atoms with E-state index in [2.05, 4.69) is 31.9 Å². The molecule has 0 saturated heterocycles. The topological polar surface area (TPSA) is 101 Å². The summed E-state index contributed by atoms with van der Waals surface area (Å²) in [7, 11) is 0. The summed E-state index contributed by atoms with van der Waals surface area (Å²) in [6, 6.07) is 0. The summed E-state index contributed by atoms with van der Waals surface area (Å²) >= 11 is 0. The molecule has 0 aliphatic rings. The van der Waals surface area contributed by atoms with Gasteiger partial charge in [0.2, 0.25) is 0 Å². The largest absolute Gasteiger partial charge is 0.303 e. The van der Waals surface area contributed by atoms with Crippen LogP contribution in [-0.4, -0.2) is 37.6 Å². The van der Waals surface area contributed by atoms with E-state index in [9.17, 15) is 0 Å². The van der Waals surface area contributed by atoms with Crippen molar-refractivity contribution in [1.82, 2.24) is 4.90 Å². The Balaban J connectivity index is 3.77. The highest BCUT2D eigenvalue weighted by atomic mass is 15.2. The summed E-state index contributed by atoms with van der Waals surface area (Å²) in [5.74, 6) is 0. The Kier molecular flexibility index (Phi) is 11.6. The van der Waals surface area contributed by atoms with Crippen LogP contribution in [0.3, 0.4) is 0 Å². The van der Waals surface area contributed by atoms with Gasteiger partial charge in [-0.25, -0.2) is 0 Å². The van der Waals surface area contributed by atoms with Gasteiger partial charge in [-0.2, -0.15) is 0 Å². The lowest BCUT2D eigenvalue weighted by atomic mass is 10.2. The van der Waals surface area contributed by atoms with Crippen LogP contribution in [0.4, 0.5) is 0 Å². The molecule has 0 amide bonds. The highest BCUT2D eigenvalue weighted by molar-refractivity contribution is 4.61. The molecule has 0 aliphatic carbocycles. The second kappa shape index (κ2) is 12.6. The van der Waals surface area contributed by atoms with Gasteiger partial charge in [0.05, 0.1) is 0 Å². The predicted octanol–water partition coefficient (Wildman–Crippen LogP) is 3.49. The lowest BCUT2D eigenvalue weighted by Gasteiger charge is -2.21. The van der Waals surface area contributed by atoms with Crippen molar-refractivity contribution in [2.75, 3.05) is 32.7 Å². The van der Waals surface area contributed by atoms with E-state index < -0.39 is 0 Å². The molecule has 0 N–H and O–H groups in total. The molecule has 96 valence electrons. The molecule has 0 saturated carbocycles. The monoisotopic (exact) mass is 239 g/mol. The number of rotatable bonds is 11. The third-order valence-electron chi connectivity index (χ3n) is 2.42. The summed E-state index contributed by atoms with van der Waals surface area (Å²) in [6.45, 7) is 6.21. The van der Waals surface area contributed by atoms with Crippen LogP contribution in [0, 0.1) is 0 Å². The van der Waals surface area contributed by atoms with Gasteiger partial charge in [0.15, 0.2) is 0 Å². The Morgan fingerprint density at radius 3 is 1.76 bits per heavy atom. The van der Waals surface area contributed by atoms with Gasteiger partial charge >= 0.3 is 0 Å². The first-order valence-corrected chi connectivity index (χ1v) is 6.09.